The van der Waals surface area contributed by atoms with Crippen molar-refractivity contribution in [3.05, 3.63) is 29.6 Å². The van der Waals surface area contributed by atoms with Crippen LogP contribution >= 0.6 is 0 Å². The second-order valence-electron chi connectivity index (χ2n) is 5.75. The Balaban J connectivity index is 1.96. The van der Waals surface area contributed by atoms with Gasteiger partial charge in [-0.05, 0) is 39.0 Å². The predicted octanol–water partition coefficient (Wildman–Crippen LogP) is 2.37. The van der Waals surface area contributed by atoms with Crippen LogP contribution < -0.4 is 4.74 Å². The Kier molecular flexibility index (Phi) is 5.56. The number of halogens is 1. The molecule has 2 rings (SSSR count). The maximum absolute atomic E-state index is 13.2. The highest BCUT2D eigenvalue weighted by atomic mass is 19.1. The summed E-state index contributed by atoms with van der Waals surface area (Å²) < 4.78 is 24.7. The Morgan fingerprint density at radius 1 is 1.43 bits per heavy atom. The third kappa shape index (κ3) is 4.40. The first-order valence-corrected chi connectivity index (χ1v) is 7.43. The van der Waals surface area contributed by atoms with E-state index in [0.29, 0.717) is 30.6 Å². The van der Waals surface area contributed by atoms with Gasteiger partial charge in [0.25, 0.3) is 0 Å². The lowest BCUT2D eigenvalue weighted by Gasteiger charge is -2.35. The lowest BCUT2D eigenvalue weighted by atomic mass is 10.1. The van der Waals surface area contributed by atoms with Crippen molar-refractivity contribution in [1.82, 2.24) is 4.90 Å². The van der Waals surface area contributed by atoms with Gasteiger partial charge in [-0.15, -0.1) is 0 Å². The minimum absolute atomic E-state index is 0.00643. The second kappa shape index (κ2) is 7.20. The van der Waals surface area contributed by atoms with Gasteiger partial charge in [-0.2, -0.15) is 0 Å². The van der Waals surface area contributed by atoms with E-state index in [2.05, 4.69) is 18.7 Å². The highest BCUT2D eigenvalue weighted by molar-refractivity contribution is 5.35. The van der Waals surface area contributed by atoms with Gasteiger partial charge >= 0.3 is 0 Å². The number of aliphatic hydroxyl groups excluding tert-OH is 1. The van der Waals surface area contributed by atoms with Gasteiger partial charge < -0.3 is 14.6 Å². The summed E-state index contributed by atoms with van der Waals surface area (Å²) in [7, 11) is 0. The van der Waals surface area contributed by atoms with E-state index in [0.717, 1.165) is 13.1 Å². The fourth-order valence-corrected chi connectivity index (χ4v) is 2.47. The van der Waals surface area contributed by atoms with Crippen LogP contribution in [-0.2, 0) is 4.74 Å². The van der Waals surface area contributed by atoms with Crippen molar-refractivity contribution in [2.45, 2.75) is 39.0 Å². The van der Waals surface area contributed by atoms with Crippen molar-refractivity contribution >= 4 is 0 Å². The zero-order valence-corrected chi connectivity index (χ0v) is 12.9. The fraction of sp³-hybridized carbons (Fsp3) is 0.625. The number of rotatable bonds is 5. The molecule has 5 heteroatoms. The van der Waals surface area contributed by atoms with Crippen LogP contribution in [0.5, 0.6) is 5.75 Å². The van der Waals surface area contributed by atoms with Crippen LogP contribution in [0.15, 0.2) is 18.2 Å². The number of aliphatic hydroxyl groups is 1. The molecule has 0 spiro atoms. The lowest BCUT2D eigenvalue weighted by molar-refractivity contribution is -0.0567. The molecule has 0 saturated carbocycles. The molecule has 1 heterocycles. The van der Waals surface area contributed by atoms with E-state index < -0.39 is 6.10 Å². The molecule has 1 aliphatic heterocycles. The molecule has 0 aromatic heterocycles. The Bertz CT molecular complexity index is 465. The number of hydrogen-bond acceptors (Lipinski definition) is 4. The third-order valence-electron chi connectivity index (χ3n) is 3.75. The zero-order chi connectivity index (χ0) is 15.4. The highest BCUT2D eigenvalue weighted by Crippen LogP contribution is 2.26. The lowest BCUT2D eigenvalue weighted by Crippen LogP contribution is -2.47. The normalized spacial score (nSPS) is 21.5. The SMILES string of the molecule is CC(C)N1CCOC(COc2ccc(F)cc2[C@H](C)O)C1. The van der Waals surface area contributed by atoms with E-state index >= 15 is 0 Å². The van der Waals surface area contributed by atoms with Crippen LogP contribution in [0, 0.1) is 5.82 Å². The smallest absolute Gasteiger partial charge is 0.125 e. The van der Waals surface area contributed by atoms with Gasteiger partial charge in [0.15, 0.2) is 0 Å². The van der Waals surface area contributed by atoms with Crippen LogP contribution in [-0.4, -0.2) is 48.5 Å². The van der Waals surface area contributed by atoms with E-state index in [4.69, 9.17) is 9.47 Å². The molecular formula is C16H24FNO3. The number of ether oxygens (including phenoxy) is 2. The van der Waals surface area contributed by atoms with Crippen molar-refractivity contribution in [2.24, 2.45) is 0 Å². The summed E-state index contributed by atoms with van der Waals surface area (Å²) in [4.78, 5) is 2.35. The first kappa shape index (κ1) is 16.2. The molecule has 1 aromatic rings. The maximum Gasteiger partial charge on any atom is 0.125 e. The molecule has 4 nitrogen and oxygen atoms in total. The van der Waals surface area contributed by atoms with Crippen molar-refractivity contribution in [1.29, 1.82) is 0 Å². The largest absolute Gasteiger partial charge is 0.490 e. The molecule has 0 amide bonds. The molecule has 1 saturated heterocycles. The first-order chi connectivity index (χ1) is 9.97. The molecule has 0 radical (unpaired) electrons. The number of nitrogens with zero attached hydrogens (tertiary/aromatic N) is 1. The van der Waals surface area contributed by atoms with Gasteiger partial charge in [0.2, 0.25) is 0 Å². The van der Waals surface area contributed by atoms with Crippen molar-refractivity contribution in [2.75, 3.05) is 26.3 Å². The monoisotopic (exact) mass is 297 g/mol. The molecule has 1 aromatic carbocycles. The topological polar surface area (TPSA) is 41.9 Å². The summed E-state index contributed by atoms with van der Waals surface area (Å²) in [5.41, 5.74) is 0.464. The standard InChI is InChI=1S/C16H24FNO3/c1-11(2)18-6-7-20-14(9-18)10-21-16-5-4-13(17)8-15(16)12(3)19/h4-5,8,11-12,14,19H,6-7,9-10H2,1-3H3/t12-,14?/m0/s1. The Morgan fingerprint density at radius 3 is 2.86 bits per heavy atom. The number of morpholine rings is 1. The fourth-order valence-electron chi connectivity index (χ4n) is 2.47. The molecule has 1 fully saturated rings. The number of hydrogen-bond donors (Lipinski definition) is 1. The average molecular weight is 297 g/mol. The minimum atomic E-state index is -0.768. The summed E-state index contributed by atoms with van der Waals surface area (Å²) in [5, 5.41) is 9.69. The molecule has 0 aliphatic carbocycles. The van der Waals surface area contributed by atoms with E-state index in [-0.39, 0.29) is 11.9 Å². The molecule has 1 unspecified atom stereocenters. The molecule has 118 valence electrons. The summed E-state index contributed by atoms with van der Waals surface area (Å²) in [6, 6.07) is 4.68. The Labute approximate surface area is 125 Å². The summed E-state index contributed by atoms with van der Waals surface area (Å²) in [6.45, 7) is 8.77. The van der Waals surface area contributed by atoms with Crippen LogP contribution in [0.25, 0.3) is 0 Å². The average Bonchev–Trinajstić information content (AvgIpc) is 2.46. The van der Waals surface area contributed by atoms with Crippen molar-refractivity contribution in [3.8, 4) is 5.75 Å². The van der Waals surface area contributed by atoms with E-state index in [9.17, 15) is 9.50 Å². The van der Waals surface area contributed by atoms with Gasteiger partial charge in [0, 0.05) is 24.7 Å². The first-order valence-electron chi connectivity index (χ1n) is 7.43. The van der Waals surface area contributed by atoms with Crippen molar-refractivity contribution in [3.63, 3.8) is 0 Å². The molecule has 1 aliphatic rings. The summed E-state index contributed by atoms with van der Waals surface area (Å²) >= 11 is 0. The van der Waals surface area contributed by atoms with Gasteiger partial charge in [-0.1, -0.05) is 0 Å². The van der Waals surface area contributed by atoms with Gasteiger partial charge in [-0.25, -0.2) is 4.39 Å². The van der Waals surface area contributed by atoms with Crippen LogP contribution in [0.2, 0.25) is 0 Å². The zero-order valence-electron chi connectivity index (χ0n) is 12.9. The summed E-state index contributed by atoms with van der Waals surface area (Å²) in [5.74, 6) is 0.134. The molecular weight excluding hydrogens is 273 g/mol. The molecule has 21 heavy (non-hydrogen) atoms. The summed E-state index contributed by atoms with van der Waals surface area (Å²) in [6.07, 6.45) is -0.775. The second-order valence-corrected chi connectivity index (χ2v) is 5.75. The highest BCUT2D eigenvalue weighted by Gasteiger charge is 2.23. The molecule has 1 N–H and O–H groups in total. The van der Waals surface area contributed by atoms with Crippen LogP contribution in [0.3, 0.4) is 0 Å². The van der Waals surface area contributed by atoms with Crippen molar-refractivity contribution < 1.29 is 19.0 Å². The Hall–Kier alpha value is -1.17. The number of benzene rings is 1. The van der Waals surface area contributed by atoms with Gasteiger partial charge in [0.1, 0.15) is 24.3 Å². The van der Waals surface area contributed by atoms with E-state index in [1.165, 1.54) is 12.1 Å². The van der Waals surface area contributed by atoms with Gasteiger partial charge in [0.05, 0.1) is 12.7 Å². The molecule has 0 bridgehead atoms. The van der Waals surface area contributed by atoms with E-state index in [1.807, 2.05) is 0 Å². The Morgan fingerprint density at radius 2 is 2.19 bits per heavy atom. The van der Waals surface area contributed by atoms with Crippen LogP contribution in [0.4, 0.5) is 4.39 Å². The van der Waals surface area contributed by atoms with Crippen LogP contribution in [0.1, 0.15) is 32.4 Å². The minimum Gasteiger partial charge on any atom is -0.490 e. The van der Waals surface area contributed by atoms with E-state index in [1.54, 1.807) is 13.0 Å². The predicted molar refractivity (Wildman–Crippen MR) is 79.0 cm³/mol. The van der Waals surface area contributed by atoms with Gasteiger partial charge in [-0.3, -0.25) is 4.90 Å². The maximum atomic E-state index is 13.2. The third-order valence-corrected chi connectivity index (χ3v) is 3.75. The quantitative estimate of drug-likeness (QED) is 0.906. The molecule has 2 atom stereocenters.